The molecular weight excluding hydrogens is 414 g/mol. The summed E-state index contributed by atoms with van der Waals surface area (Å²) in [7, 11) is 2.22. The van der Waals surface area contributed by atoms with Crippen LogP contribution in [0.25, 0.3) is 33.0 Å². The van der Waals surface area contributed by atoms with Gasteiger partial charge in [-0.25, -0.2) is 0 Å². The van der Waals surface area contributed by atoms with Crippen molar-refractivity contribution >= 4 is 21.4 Å². The van der Waals surface area contributed by atoms with Gasteiger partial charge in [0.25, 0.3) is 5.56 Å². The molecule has 7 nitrogen and oxygen atoms in total. The Labute approximate surface area is 181 Å². The van der Waals surface area contributed by atoms with Gasteiger partial charge in [-0.15, -0.1) is 0 Å². The summed E-state index contributed by atoms with van der Waals surface area (Å²) in [6, 6.07) is 10.8. The van der Waals surface area contributed by atoms with Crippen LogP contribution in [0.1, 0.15) is 6.92 Å². The number of ether oxygens (including phenoxy) is 1. The van der Waals surface area contributed by atoms with Gasteiger partial charge in [-0.3, -0.25) is 18.6 Å². The zero-order chi connectivity index (χ0) is 22.3. The summed E-state index contributed by atoms with van der Waals surface area (Å²) >= 11 is 0. The Bertz CT molecular complexity index is 1340. The van der Waals surface area contributed by atoms with E-state index in [4.69, 9.17) is 4.74 Å². The van der Waals surface area contributed by atoms with Gasteiger partial charge in [-0.1, -0.05) is 6.07 Å². The molecule has 8 heteroatoms. The number of nitrogens with zero attached hydrogens (tertiary/aromatic N) is 3. The smallest absolute Gasteiger partial charge is 0.258 e. The molecule has 0 spiro atoms. The molecule has 0 amide bonds. The van der Waals surface area contributed by atoms with Gasteiger partial charge in [0.2, 0.25) is 0 Å². The lowest BCUT2D eigenvalue weighted by atomic mass is 9.97. The van der Waals surface area contributed by atoms with Crippen LogP contribution in [0.2, 0.25) is 0 Å². The Morgan fingerprint density at radius 1 is 1.00 bits per heavy atom. The van der Waals surface area contributed by atoms with E-state index in [2.05, 4.69) is 5.10 Å². The van der Waals surface area contributed by atoms with Crippen LogP contribution in [-0.4, -0.2) is 36.3 Å². The molecule has 0 radical (unpaired) electrons. The average molecular weight is 440 g/mol. The molecule has 0 saturated heterocycles. The summed E-state index contributed by atoms with van der Waals surface area (Å²) in [5, 5.41) is 5.57. The van der Waals surface area contributed by atoms with Crippen molar-refractivity contribution in [3.8, 4) is 28.0 Å². The Morgan fingerprint density at radius 2 is 1.77 bits per heavy atom. The van der Waals surface area contributed by atoms with Crippen LogP contribution in [0.3, 0.4) is 0 Å². The summed E-state index contributed by atoms with van der Waals surface area (Å²) in [6.07, 6.45) is 5.45. The SMILES string of the molecule is CCS(O)(O)c1ccc(OC)c(-c2cn(C)c(=O)c3ccc(-c4cnn(C)c4)cc23)c1. The van der Waals surface area contributed by atoms with Crippen molar-refractivity contribution in [3.05, 3.63) is 65.3 Å². The van der Waals surface area contributed by atoms with E-state index < -0.39 is 10.6 Å². The molecule has 0 aliphatic carbocycles. The van der Waals surface area contributed by atoms with Crippen LogP contribution in [-0.2, 0) is 14.1 Å². The molecule has 162 valence electrons. The number of pyridine rings is 1. The first-order valence-corrected chi connectivity index (χ1v) is 11.5. The monoisotopic (exact) mass is 439 g/mol. The summed E-state index contributed by atoms with van der Waals surface area (Å²) in [5.74, 6) is 0.805. The van der Waals surface area contributed by atoms with Crippen LogP contribution >= 0.6 is 10.6 Å². The molecule has 2 N–H and O–H groups in total. The molecule has 0 saturated carbocycles. The van der Waals surface area contributed by atoms with Gasteiger partial charge in [-0.05, 0) is 48.2 Å². The zero-order valence-corrected chi connectivity index (χ0v) is 18.7. The van der Waals surface area contributed by atoms with Crippen molar-refractivity contribution in [3.63, 3.8) is 0 Å². The fraction of sp³-hybridized carbons (Fsp3) is 0.217. The molecule has 0 fully saturated rings. The number of aryl methyl sites for hydroxylation is 2. The minimum absolute atomic E-state index is 0.107. The van der Waals surface area contributed by atoms with Crippen molar-refractivity contribution in [2.75, 3.05) is 12.9 Å². The van der Waals surface area contributed by atoms with Crippen molar-refractivity contribution < 1.29 is 13.8 Å². The maximum atomic E-state index is 12.8. The molecule has 31 heavy (non-hydrogen) atoms. The number of aromatic nitrogens is 3. The first-order valence-electron chi connectivity index (χ1n) is 9.82. The summed E-state index contributed by atoms with van der Waals surface area (Å²) in [5.41, 5.74) is 3.23. The second-order valence-corrected chi connectivity index (χ2v) is 9.82. The van der Waals surface area contributed by atoms with Crippen LogP contribution < -0.4 is 10.3 Å². The maximum absolute atomic E-state index is 12.8. The Balaban J connectivity index is 2.04. The van der Waals surface area contributed by atoms with E-state index in [0.29, 0.717) is 21.6 Å². The number of methoxy groups -OCH3 is 1. The van der Waals surface area contributed by atoms with E-state index in [1.807, 2.05) is 31.4 Å². The molecule has 0 atom stereocenters. The maximum Gasteiger partial charge on any atom is 0.258 e. The zero-order valence-electron chi connectivity index (χ0n) is 17.9. The number of hydrogen-bond donors (Lipinski definition) is 2. The number of benzene rings is 2. The molecule has 4 aromatic rings. The lowest BCUT2D eigenvalue weighted by molar-refractivity contribution is 0.416. The Kier molecular flexibility index (Phi) is 5.38. The summed E-state index contributed by atoms with van der Waals surface area (Å²) in [4.78, 5) is 13.3. The van der Waals surface area contributed by atoms with E-state index in [1.165, 1.54) is 4.57 Å². The van der Waals surface area contributed by atoms with Gasteiger partial charge in [0.15, 0.2) is 0 Å². The predicted octanol–water partition coefficient (Wildman–Crippen LogP) is 4.74. The topological polar surface area (TPSA) is 89.5 Å². The highest BCUT2D eigenvalue weighted by atomic mass is 32.3. The number of hydrogen-bond acceptors (Lipinski definition) is 5. The van der Waals surface area contributed by atoms with E-state index in [0.717, 1.165) is 22.1 Å². The number of fused-ring (bicyclic) bond motifs is 1. The third-order valence-corrected chi connectivity index (χ3v) is 7.28. The van der Waals surface area contributed by atoms with Gasteiger partial charge in [0.1, 0.15) is 5.75 Å². The van der Waals surface area contributed by atoms with Crippen molar-refractivity contribution in [1.82, 2.24) is 14.3 Å². The molecule has 4 rings (SSSR count). The van der Waals surface area contributed by atoms with Gasteiger partial charge in [0.05, 0.1) is 18.2 Å². The summed E-state index contributed by atoms with van der Waals surface area (Å²) in [6.45, 7) is 1.74. The highest BCUT2D eigenvalue weighted by Gasteiger charge is 2.19. The van der Waals surface area contributed by atoms with Crippen LogP contribution in [0.5, 0.6) is 5.75 Å². The van der Waals surface area contributed by atoms with Crippen molar-refractivity contribution in [2.24, 2.45) is 14.1 Å². The second kappa shape index (κ2) is 7.88. The fourth-order valence-corrected chi connectivity index (χ4v) is 4.62. The normalized spacial score (nSPS) is 12.3. The molecule has 2 aromatic heterocycles. The highest BCUT2D eigenvalue weighted by Crippen LogP contribution is 2.50. The first kappa shape index (κ1) is 21.2. The number of rotatable bonds is 5. The minimum atomic E-state index is -2.91. The Hall–Kier alpha value is -3.07. The van der Waals surface area contributed by atoms with Crippen molar-refractivity contribution in [1.29, 1.82) is 0 Å². The largest absolute Gasteiger partial charge is 0.496 e. The van der Waals surface area contributed by atoms with Crippen LogP contribution in [0.15, 0.2) is 64.7 Å². The van der Waals surface area contributed by atoms with E-state index in [1.54, 1.807) is 56.4 Å². The van der Waals surface area contributed by atoms with Gasteiger partial charge in [-0.2, -0.15) is 15.7 Å². The third kappa shape index (κ3) is 3.74. The fourth-order valence-electron chi connectivity index (χ4n) is 3.70. The van der Waals surface area contributed by atoms with Gasteiger partial charge < -0.3 is 9.30 Å². The van der Waals surface area contributed by atoms with Crippen LogP contribution in [0, 0.1) is 0 Å². The first-order chi connectivity index (χ1) is 14.7. The molecule has 2 aromatic carbocycles. The lowest BCUT2D eigenvalue weighted by Gasteiger charge is -2.31. The summed E-state index contributed by atoms with van der Waals surface area (Å²) < 4.78 is 29.8. The Morgan fingerprint density at radius 3 is 2.42 bits per heavy atom. The second-order valence-electron chi connectivity index (χ2n) is 7.44. The van der Waals surface area contributed by atoms with E-state index in [9.17, 15) is 13.9 Å². The molecule has 2 heterocycles. The molecule has 0 aliphatic heterocycles. The predicted molar refractivity (Wildman–Crippen MR) is 125 cm³/mol. The van der Waals surface area contributed by atoms with Gasteiger partial charge in [0, 0.05) is 54.3 Å². The molecule has 0 aliphatic rings. The third-order valence-electron chi connectivity index (χ3n) is 5.46. The van der Waals surface area contributed by atoms with E-state index >= 15 is 0 Å². The lowest BCUT2D eigenvalue weighted by Crippen LogP contribution is -2.16. The quantitative estimate of drug-likeness (QED) is 0.469. The minimum Gasteiger partial charge on any atom is -0.496 e. The van der Waals surface area contributed by atoms with Crippen LogP contribution in [0.4, 0.5) is 0 Å². The van der Waals surface area contributed by atoms with Crippen molar-refractivity contribution in [2.45, 2.75) is 11.8 Å². The van der Waals surface area contributed by atoms with Gasteiger partial charge >= 0.3 is 0 Å². The van der Waals surface area contributed by atoms with E-state index in [-0.39, 0.29) is 11.3 Å². The molecule has 0 bridgehead atoms. The standard InChI is InChI=1S/C23H25N3O4S/c1-5-31(28,29)17-7-9-22(30-4)20(11-17)21-14-25(2)23(27)18-8-6-15(10-19(18)21)16-12-24-26(3)13-16/h6-14,28-29H,5H2,1-4H3. The molecular formula is C23H25N3O4S. The average Bonchev–Trinajstić information content (AvgIpc) is 3.21. The molecule has 0 unspecified atom stereocenters. The highest BCUT2D eigenvalue weighted by molar-refractivity contribution is 8.24.